The Labute approximate surface area is 229 Å². The first-order valence-electron chi connectivity index (χ1n) is 12.5. The third-order valence-corrected chi connectivity index (χ3v) is 7.65. The van der Waals surface area contributed by atoms with E-state index in [-0.39, 0.29) is 11.4 Å². The Hall–Kier alpha value is -4.50. The van der Waals surface area contributed by atoms with E-state index in [1.807, 2.05) is 43.3 Å². The van der Waals surface area contributed by atoms with Gasteiger partial charge in [-0.05, 0) is 48.5 Å². The fourth-order valence-corrected chi connectivity index (χ4v) is 5.66. The summed E-state index contributed by atoms with van der Waals surface area (Å²) in [5.74, 6) is 0.179. The molecule has 0 bridgehead atoms. The number of carbonyl (C=O) groups is 3. The molecule has 1 fully saturated rings. The highest BCUT2D eigenvalue weighted by molar-refractivity contribution is 8.18. The van der Waals surface area contributed by atoms with Crippen LogP contribution in [0.1, 0.15) is 16.8 Å². The van der Waals surface area contributed by atoms with E-state index in [1.165, 1.54) is 0 Å². The van der Waals surface area contributed by atoms with Crippen LogP contribution in [0.5, 0.6) is 11.5 Å². The summed E-state index contributed by atoms with van der Waals surface area (Å²) in [5.41, 5.74) is 4.57. The lowest BCUT2D eigenvalue weighted by Gasteiger charge is -2.19. The highest BCUT2D eigenvalue weighted by atomic mass is 32.2. The van der Waals surface area contributed by atoms with Crippen LogP contribution in [0.2, 0.25) is 0 Å². The molecule has 0 aliphatic carbocycles. The Bertz CT molecular complexity index is 1640. The molecule has 9 heteroatoms. The van der Waals surface area contributed by atoms with Crippen molar-refractivity contribution >= 4 is 51.5 Å². The summed E-state index contributed by atoms with van der Waals surface area (Å²) in [5, 5.41) is 3.25. The number of hydrogen-bond acceptors (Lipinski definition) is 6. The Morgan fingerprint density at radius 3 is 2.54 bits per heavy atom. The van der Waals surface area contributed by atoms with Crippen molar-refractivity contribution in [3.63, 3.8) is 0 Å². The van der Waals surface area contributed by atoms with Gasteiger partial charge in [-0.3, -0.25) is 19.3 Å². The molecule has 0 atom stereocenters. The molecule has 0 spiro atoms. The molecule has 8 nitrogen and oxygen atoms in total. The van der Waals surface area contributed by atoms with E-state index in [1.54, 1.807) is 24.3 Å². The molecule has 3 amide bonds. The number of hydrogen-bond donors (Lipinski definition) is 1. The maximum Gasteiger partial charge on any atom is 0.294 e. The lowest BCUT2D eigenvalue weighted by Crippen LogP contribution is -2.36. The molecule has 196 valence electrons. The minimum atomic E-state index is -0.485. The van der Waals surface area contributed by atoms with E-state index in [4.69, 9.17) is 9.47 Å². The molecule has 4 aromatic rings. The predicted octanol–water partition coefficient (Wildman–Crippen LogP) is 5.44. The summed E-state index contributed by atoms with van der Waals surface area (Å²) in [7, 11) is 0. The molecule has 1 aromatic heterocycles. The van der Waals surface area contributed by atoms with Gasteiger partial charge in [0.25, 0.3) is 11.1 Å². The SMILES string of the molecule is Cc1c(/C=C2\SC(=O)N(CC(=O)Nc3ccc4c(c3)OCCO4)C2=O)c2ccccc2n1Cc1ccccc1. The van der Waals surface area contributed by atoms with E-state index in [2.05, 4.69) is 28.1 Å². The molecular formula is C30H25N3O5S. The number of para-hydroxylation sites is 1. The number of carbonyl (C=O) groups excluding carboxylic acids is 3. The van der Waals surface area contributed by atoms with Gasteiger partial charge in [-0.15, -0.1) is 0 Å². The van der Waals surface area contributed by atoms with Gasteiger partial charge in [-0.2, -0.15) is 0 Å². The lowest BCUT2D eigenvalue weighted by molar-refractivity contribution is -0.127. The Balaban J connectivity index is 1.22. The van der Waals surface area contributed by atoms with Crippen LogP contribution in [0.4, 0.5) is 10.5 Å². The summed E-state index contributed by atoms with van der Waals surface area (Å²) >= 11 is 0.847. The second-order valence-corrected chi connectivity index (χ2v) is 10.3. The van der Waals surface area contributed by atoms with Crippen molar-refractivity contribution in [2.75, 3.05) is 25.1 Å². The van der Waals surface area contributed by atoms with Gasteiger partial charge in [-0.25, -0.2) is 0 Å². The fourth-order valence-electron chi connectivity index (χ4n) is 4.84. The number of nitrogens with one attached hydrogen (secondary N) is 1. The third kappa shape index (κ3) is 4.88. The fraction of sp³-hybridized carbons (Fsp3) is 0.167. The number of amides is 3. The van der Waals surface area contributed by atoms with Gasteiger partial charge in [0, 0.05) is 40.5 Å². The van der Waals surface area contributed by atoms with E-state index < -0.39 is 17.1 Å². The minimum absolute atomic E-state index is 0.290. The summed E-state index contributed by atoms with van der Waals surface area (Å²) in [6, 6.07) is 23.2. The van der Waals surface area contributed by atoms with Gasteiger partial charge in [0.15, 0.2) is 11.5 Å². The zero-order valence-corrected chi connectivity index (χ0v) is 22.0. The zero-order chi connectivity index (χ0) is 26.9. The Morgan fingerprint density at radius 1 is 0.974 bits per heavy atom. The van der Waals surface area contributed by atoms with Crippen LogP contribution < -0.4 is 14.8 Å². The summed E-state index contributed by atoms with van der Waals surface area (Å²) in [6.07, 6.45) is 1.77. The third-order valence-electron chi connectivity index (χ3n) is 6.74. The number of aromatic nitrogens is 1. The maximum atomic E-state index is 13.2. The van der Waals surface area contributed by atoms with Gasteiger partial charge in [0.2, 0.25) is 5.91 Å². The summed E-state index contributed by atoms with van der Waals surface area (Å²) in [4.78, 5) is 40.0. The summed E-state index contributed by atoms with van der Waals surface area (Å²) in [6.45, 7) is 3.21. The molecule has 1 N–H and O–H groups in total. The molecule has 6 rings (SSSR count). The monoisotopic (exact) mass is 539 g/mol. The lowest BCUT2D eigenvalue weighted by atomic mass is 10.1. The average molecular weight is 540 g/mol. The van der Waals surface area contributed by atoms with Crippen LogP contribution in [0.3, 0.4) is 0 Å². The number of imide groups is 1. The zero-order valence-electron chi connectivity index (χ0n) is 21.2. The van der Waals surface area contributed by atoms with Crippen LogP contribution in [-0.2, 0) is 16.1 Å². The number of rotatable bonds is 6. The van der Waals surface area contributed by atoms with Crippen molar-refractivity contribution in [1.82, 2.24) is 9.47 Å². The molecule has 0 saturated carbocycles. The van der Waals surface area contributed by atoms with Gasteiger partial charge >= 0.3 is 0 Å². The number of ether oxygens (including phenoxy) is 2. The number of anilines is 1. The molecule has 2 aliphatic heterocycles. The van der Waals surface area contributed by atoms with Gasteiger partial charge < -0.3 is 19.4 Å². The van der Waals surface area contributed by atoms with Gasteiger partial charge in [0.05, 0.1) is 4.91 Å². The first-order chi connectivity index (χ1) is 19.0. The first-order valence-corrected chi connectivity index (χ1v) is 13.4. The molecule has 3 aromatic carbocycles. The average Bonchev–Trinajstić information content (AvgIpc) is 3.36. The second kappa shape index (κ2) is 10.3. The van der Waals surface area contributed by atoms with Crippen LogP contribution in [0.25, 0.3) is 17.0 Å². The largest absolute Gasteiger partial charge is 0.486 e. The molecule has 0 unspecified atom stereocenters. The standard InChI is InChI=1S/C30H25N3O5S/c1-19-23(22-9-5-6-10-24(22)32(19)17-20-7-3-2-4-8-20)16-27-29(35)33(30(36)39-27)18-28(34)31-21-11-12-25-26(15-21)38-14-13-37-25/h2-12,15-16H,13-14,17-18H2,1H3,(H,31,34)/b27-16-. The Kier molecular flexibility index (Phi) is 6.58. The van der Waals surface area contributed by atoms with E-state index in [0.717, 1.165) is 44.4 Å². The number of fused-ring (bicyclic) bond motifs is 2. The van der Waals surface area contributed by atoms with E-state index >= 15 is 0 Å². The number of benzene rings is 3. The van der Waals surface area contributed by atoms with Crippen molar-refractivity contribution in [1.29, 1.82) is 0 Å². The maximum absolute atomic E-state index is 13.2. The molecule has 0 radical (unpaired) electrons. The van der Waals surface area contributed by atoms with Gasteiger partial charge in [0.1, 0.15) is 19.8 Å². The Morgan fingerprint density at radius 2 is 1.72 bits per heavy atom. The normalized spacial score (nSPS) is 15.8. The highest BCUT2D eigenvalue weighted by Crippen LogP contribution is 2.36. The van der Waals surface area contributed by atoms with Gasteiger partial charge in [-0.1, -0.05) is 48.5 Å². The van der Waals surface area contributed by atoms with Crippen LogP contribution in [-0.4, -0.2) is 46.3 Å². The second-order valence-electron chi connectivity index (χ2n) is 9.26. The smallest absolute Gasteiger partial charge is 0.294 e. The van der Waals surface area contributed by atoms with Crippen LogP contribution in [0.15, 0.2) is 77.7 Å². The highest BCUT2D eigenvalue weighted by Gasteiger charge is 2.36. The molecule has 1 saturated heterocycles. The van der Waals surface area contributed by atoms with Crippen LogP contribution in [0, 0.1) is 6.92 Å². The topological polar surface area (TPSA) is 89.9 Å². The van der Waals surface area contributed by atoms with Crippen molar-refractivity contribution in [3.8, 4) is 11.5 Å². The predicted molar refractivity (Wildman–Crippen MR) is 151 cm³/mol. The van der Waals surface area contributed by atoms with E-state index in [0.29, 0.717) is 36.9 Å². The number of nitrogens with zero attached hydrogens (tertiary/aromatic N) is 2. The van der Waals surface area contributed by atoms with Crippen molar-refractivity contribution in [2.45, 2.75) is 13.5 Å². The van der Waals surface area contributed by atoms with Crippen LogP contribution >= 0.6 is 11.8 Å². The van der Waals surface area contributed by atoms with Crippen molar-refractivity contribution in [3.05, 3.63) is 94.5 Å². The quantitative estimate of drug-likeness (QED) is 0.328. The first kappa shape index (κ1) is 24.8. The van der Waals surface area contributed by atoms with E-state index in [9.17, 15) is 14.4 Å². The molecule has 3 heterocycles. The van der Waals surface area contributed by atoms with Crippen molar-refractivity contribution in [2.24, 2.45) is 0 Å². The summed E-state index contributed by atoms with van der Waals surface area (Å²) < 4.78 is 13.3. The molecule has 39 heavy (non-hydrogen) atoms. The molecule has 2 aliphatic rings. The number of thioether (sulfide) groups is 1. The molecular weight excluding hydrogens is 514 g/mol. The van der Waals surface area contributed by atoms with Crippen molar-refractivity contribution < 1.29 is 23.9 Å². The minimum Gasteiger partial charge on any atom is -0.486 e.